The topological polar surface area (TPSA) is 83.1 Å². The summed E-state index contributed by atoms with van der Waals surface area (Å²) in [6, 6.07) is 11.4. The summed E-state index contributed by atoms with van der Waals surface area (Å²) >= 11 is 0. The fourth-order valence-electron chi connectivity index (χ4n) is 4.95. The van der Waals surface area contributed by atoms with Crippen LogP contribution in [0.1, 0.15) is 63.0 Å². The summed E-state index contributed by atoms with van der Waals surface area (Å²) in [5, 5.41) is 2.98. The molecule has 2 aliphatic rings. The highest BCUT2D eigenvalue weighted by molar-refractivity contribution is 6.02. The predicted molar refractivity (Wildman–Crippen MR) is 132 cm³/mol. The first-order valence-electron chi connectivity index (χ1n) is 12.1. The van der Waals surface area contributed by atoms with E-state index in [-0.39, 0.29) is 36.1 Å². The van der Waals surface area contributed by atoms with Gasteiger partial charge in [0.05, 0.1) is 26.9 Å². The van der Waals surface area contributed by atoms with Gasteiger partial charge >= 0.3 is 0 Å². The Balaban J connectivity index is 1.66. The van der Waals surface area contributed by atoms with Crippen molar-refractivity contribution in [2.45, 2.75) is 58.0 Å². The molecule has 186 valence electrons. The summed E-state index contributed by atoms with van der Waals surface area (Å²) < 4.78 is 22.5. The molecule has 7 heteroatoms. The average Bonchev–Trinajstić information content (AvgIpc) is 2.83. The lowest BCUT2D eigenvalue weighted by Gasteiger charge is -2.34. The van der Waals surface area contributed by atoms with Crippen LogP contribution in [0.2, 0.25) is 0 Å². The van der Waals surface area contributed by atoms with Crippen LogP contribution in [0.3, 0.4) is 0 Å². The van der Waals surface area contributed by atoms with E-state index in [1.165, 1.54) is 0 Å². The molecule has 2 atom stereocenters. The molecule has 1 heterocycles. The van der Waals surface area contributed by atoms with E-state index in [1.807, 2.05) is 57.2 Å². The average molecular weight is 480 g/mol. The van der Waals surface area contributed by atoms with Crippen LogP contribution in [0.4, 0.5) is 0 Å². The summed E-state index contributed by atoms with van der Waals surface area (Å²) in [7, 11) is 3.19. The summed E-state index contributed by atoms with van der Waals surface area (Å²) in [5.74, 6) is 2.13. The van der Waals surface area contributed by atoms with Gasteiger partial charge in [-0.1, -0.05) is 12.1 Å². The second-order valence-electron chi connectivity index (χ2n) is 9.15. The van der Waals surface area contributed by atoms with Gasteiger partial charge in [-0.2, -0.15) is 0 Å². The van der Waals surface area contributed by atoms with Crippen molar-refractivity contribution in [1.82, 2.24) is 5.32 Å². The molecule has 0 saturated heterocycles. The van der Waals surface area contributed by atoms with Gasteiger partial charge in [0.1, 0.15) is 0 Å². The Labute approximate surface area is 206 Å². The summed E-state index contributed by atoms with van der Waals surface area (Å²) in [6.07, 6.45) is 1.17. The van der Waals surface area contributed by atoms with Gasteiger partial charge in [0.2, 0.25) is 5.91 Å². The van der Waals surface area contributed by atoms with E-state index in [4.69, 9.17) is 18.9 Å². The highest BCUT2D eigenvalue weighted by atomic mass is 16.5. The Bertz CT molecular complexity index is 1150. The number of rotatable bonds is 8. The number of amides is 1. The van der Waals surface area contributed by atoms with Gasteiger partial charge in [-0.05, 0) is 68.5 Å². The van der Waals surface area contributed by atoms with Crippen LogP contribution in [0, 0.1) is 0 Å². The van der Waals surface area contributed by atoms with Crippen LogP contribution >= 0.6 is 0 Å². The Morgan fingerprint density at radius 2 is 1.54 bits per heavy atom. The molecule has 0 radical (unpaired) electrons. The first-order chi connectivity index (χ1) is 16.8. The molecule has 4 rings (SSSR count). The molecule has 0 saturated carbocycles. The second kappa shape index (κ2) is 10.4. The minimum atomic E-state index is -0.316. The van der Waals surface area contributed by atoms with Crippen LogP contribution in [-0.4, -0.2) is 38.6 Å². The SMILES string of the molecule is CCOc1ccc(C2CC(=O)C3=C(C2)NC(=O)CC3c2ccc(OC(C)C)c(OC)c2)cc1OC. The first-order valence-corrected chi connectivity index (χ1v) is 12.1. The van der Waals surface area contributed by atoms with Gasteiger partial charge in [-0.15, -0.1) is 0 Å². The third-order valence-corrected chi connectivity index (χ3v) is 6.45. The van der Waals surface area contributed by atoms with Gasteiger partial charge in [0.25, 0.3) is 0 Å². The van der Waals surface area contributed by atoms with Crippen molar-refractivity contribution >= 4 is 11.7 Å². The molecule has 0 aromatic heterocycles. The number of carbonyl (C=O) groups is 2. The molecule has 1 aliphatic heterocycles. The van der Waals surface area contributed by atoms with Crippen molar-refractivity contribution in [1.29, 1.82) is 0 Å². The molecule has 0 spiro atoms. The fraction of sp³-hybridized carbons (Fsp3) is 0.429. The fourth-order valence-corrected chi connectivity index (χ4v) is 4.95. The van der Waals surface area contributed by atoms with Crippen molar-refractivity contribution in [3.63, 3.8) is 0 Å². The van der Waals surface area contributed by atoms with Crippen LogP contribution in [0.15, 0.2) is 47.7 Å². The lowest BCUT2D eigenvalue weighted by atomic mass is 9.73. The summed E-state index contributed by atoms with van der Waals surface area (Å²) in [5.41, 5.74) is 3.26. The minimum absolute atomic E-state index is 0.00241. The number of nitrogens with one attached hydrogen (secondary N) is 1. The number of hydrogen-bond donors (Lipinski definition) is 1. The van der Waals surface area contributed by atoms with Crippen molar-refractivity contribution in [3.05, 3.63) is 58.8 Å². The third kappa shape index (κ3) is 5.14. The Hall–Kier alpha value is -3.48. The number of methoxy groups -OCH3 is 2. The zero-order valence-corrected chi connectivity index (χ0v) is 21.0. The molecular formula is C28H33NO6. The quantitative estimate of drug-likeness (QED) is 0.580. The van der Waals surface area contributed by atoms with Crippen molar-refractivity contribution in [3.8, 4) is 23.0 Å². The standard InChI is InChI=1S/C28H33NO6/c1-6-34-23-9-7-17(13-25(23)32-4)19-11-21-28(22(30)12-19)20(15-27(31)29-21)18-8-10-24(35-16(2)3)26(14-18)33-5/h7-10,13-14,16,19-20H,6,11-12,15H2,1-5H3,(H,29,31). The van der Waals surface area contributed by atoms with E-state index in [0.29, 0.717) is 53.7 Å². The Kier molecular flexibility index (Phi) is 7.34. The molecule has 7 nitrogen and oxygen atoms in total. The normalized spacial score (nSPS) is 19.8. The summed E-state index contributed by atoms with van der Waals surface area (Å²) in [6.45, 7) is 6.36. The van der Waals surface area contributed by atoms with E-state index < -0.39 is 0 Å². The highest BCUT2D eigenvalue weighted by Crippen LogP contribution is 2.45. The molecule has 2 aromatic rings. The predicted octanol–water partition coefficient (Wildman–Crippen LogP) is 4.89. The summed E-state index contributed by atoms with van der Waals surface area (Å²) in [4.78, 5) is 26.2. The molecule has 1 amide bonds. The molecule has 0 fully saturated rings. The number of carbonyl (C=O) groups excluding carboxylic acids is 2. The Morgan fingerprint density at radius 1 is 0.886 bits per heavy atom. The zero-order valence-electron chi connectivity index (χ0n) is 21.0. The molecule has 0 bridgehead atoms. The van der Waals surface area contributed by atoms with Crippen molar-refractivity contribution in [2.75, 3.05) is 20.8 Å². The lowest BCUT2D eigenvalue weighted by molar-refractivity contribution is -0.122. The smallest absolute Gasteiger partial charge is 0.225 e. The Morgan fingerprint density at radius 3 is 2.23 bits per heavy atom. The first kappa shape index (κ1) is 24.6. The maximum absolute atomic E-state index is 13.5. The van der Waals surface area contributed by atoms with Crippen LogP contribution in [-0.2, 0) is 9.59 Å². The van der Waals surface area contributed by atoms with Crippen LogP contribution in [0.25, 0.3) is 0 Å². The number of allylic oxidation sites excluding steroid dienone is 2. The van der Waals surface area contributed by atoms with E-state index in [0.717, 1.165) is 11.1 Å². The van der Waals surface area contributed by atoms with Crippen LogP contribution < -0.4 is 24.3 Å². The molecule has 1 aliphatic carbocycles. The van der Waals surface area contributed by atoms with Gasteiger partial charge in [0.15, 0.2) is 28.8 Å². The van der Waals surface area contributed by atoms with Crippen molar-refractivity contribution < 1.29 is 28.5 Å². The number of ketones is 1. The maximum Gasteiger partial charge on any atom is 0.225 e. The van der Waals surface area contributed by atoms with E-state index in [2.05, 4.69) is 5.32 Å². The highest BCUT2D eigenvalue weighted by Gasteiger charge is 2.38. The molecule has 1 N–H and O–H groups in total. The van der Waals surface area contributed by atoms with Gasteiger partial charge < -0.3 is 24.3 Å². The molecule has 2 aromatic carbocycles. The number of Topliss-reactive ketones (excluding diaryl/α,β-unsaturated/α-hetero) is 1. The van der Waals surface area contributed by atoms with Crippen molar-refractivity contribution in [2.24, 2.45) is 0 Å². The number of hydrogen-bond acceptors (Lipinski definition) is 6. The van der Waals surface area contributed by atoms with E-state index >= 15 is 0 Å². The second-order valence-corrected chi connectivity index (χ2v) is 9.15. The van der Waals surface area contributed by atoms with Gasteiger partial charge in [0, 0.05) is 30.0 Å². The molecular weight excluding hydrogens is 446 g/mol. The number of ether oxygens (including phenoxy) is 4. The zero-order chi connectivity index (χ0) is 25.1. The van der Waals surface area contributed by atoms with Crippen LogP contribution in [0.5, 0.6) is 23.0 Å². The largest absolute Gasteiger partial charge is 0.493 e. The maximum atomic E-state index is 13.5. The van der Waals surface area contributed by atoms with Gasteiger partial charge in [-0.25, -0.2) is 0 Å². The van der Waals surface area contributed by atoms with Gasteiger partial charge in [-0.3, -0.25) is 9.59 Å². The molecule has 35 heavy (non-hydrogen) atoms. The van der Waals surface area contributed by atoms with E-state index in [1.54, 1.807) is 14.2 Å². The monoisotopic (exact) mass is 479 g/mol. The third-order valence-electron chi connectivity index (χ3n) is 6.45. The minimum Gasteiger partial charge on any atom is -0.493 e. The number of benzene rings is 2. The lowest BCUT2D eigenvalue weighted by Crippen LogP contribution is -2.38. The molecule has 2 unspecified atom stereocenters. The van der Waals surface area contributed by atoms with E-state index in [9.17, 15) is 9.59 Å².